The first-order chi connectivity index (χ1) is 19.4. The molecule has 41 heavy (non-hydrogen) atoms. The van der Waals surface area contributed by atoms with Gasteiger partial charge in [0.2, 0.25) is 0 Å². The lowest BCUT2D eigenvalue weighted by Crippen LogP contribution is -2.22. The molecule has 10 heteroatoms. The van der Waals surface area contributed by atoms with Crippen LogP contribution in [0.2, 0.25) is 0 Å². The van der Waals surface area contributed by atoms with Gasteiger partial charge in [-0.15, -0.1) is 0 Å². The van der Waals surface area contributed by atoms with Gasteiger partial charge in [0.25, 0.3) is 15.6 Å². The van der Waals surface area contributed by atoms with Gasteiger partial charge in [-0.05, 0) is 62.4 Å². The van der Waals surface area contributed by atoms with E-state index >= 15 is 0 Å². The molecule has 0 aliphatic heterocycles. The second-order valence-corrected chi connectivity index (χ2v) is 12.8. The summed E-state index contributed by atoms with van der Waals surface area (Å²) >= 11 is 0. The molecular weight excluding hydrogens is 538 g/mol. The van der Waals surface area contributed by atoms with Crippen LogP contribution in [0.4, 0.5) is 0 Å². The van der Waals surface area contributed by atoms with Crippen LogP contribution >= 0.6 is 0 Å². The molecule has 214 valence electrons. The number of fused-ring (bicyclic) bond motifs is 1. The largest absolute Gasteiger partial charge is 0.392 e. The van der Waals surface area contributed by atoms with Crippen LogP contribution in [0.3, 0.4) is 0 Å². The molecule has 0 aliphatic rings. The Bertz CT molecular complexity index is 1930. The minimum atomic E-state index is -3.90. The normalized spacial score (nSPS) is 12.1. The first-order valence-electron chi connectivity index (χ1n) is 13.6. The van der Waals surface area contributed by atoms with E-state index in [1.807, 2.05) is 42.0 Å². The van der Waals surface area contributed by atoms with Crippen molar-refractivity contribution in [1.82, 2.24) is 23.5 Å². The first-order valence-corrected chi connectivity index (χ1v) is 15.0. The zero-order valence-electron chi connectivity index (χ0n) is 24.2. The summed E-state index contributed by atoms with van der Waals surface area (Å²) in [6, 6.07) is 14.2. The molecule has 9 nitrogen and oxygen atoms in total. The molecule has 0 saturated heterocycles. The standard InChI is InChI=1S/C31H35N5O4S/c1-19(2)14-28-27-17-35(30(29(27)31(38)34(6)33-28)24-9-7-8-23(15-24)18-37)16-26-21(4)32-36(22(26)5)41(39,40)25-12-10-20(3)11-13-25/h7-13,15,17,19,37H,14,16,18H2,1-6H3. The minimum absolute atomic E-state index is 0.132. The van der Waals surface area contributed by atoms with Gasteiger partial charge in [0.05, 0.1) is 46.2 Å². The van der Waals surface area contributed by atoms with Gasteiger partial charge < -0.3 is 9.67 Å². The third kappa shape index (κ3) is 5.13. The van der Waals surface area contributed by atoms with Gasteiger partial charge in [0, 0.05) is 24.2 Å². The second kappa shape index (κ2) is 10.8. The molecule has 0 unspecified atom stereocenters. The number of benzene rings is 2. The van der Waals surface area contributed by atoms with Gasteiger partial charge in [-0.1, -0.05) is 49.7 Å². The third-order valence-electron chi connectivity index (χ3n) is 7.43. The van der Waals surface area contributed by atoms with Crippen LogP contribution in [-0.4, -0.2) is 37.1 Å². The monoisotopic (exact) mass is 573 g/mol. The number of rotatable bonds is 8. The second-order valence-electron chi connectivity index (χ2n) is 11.0. The molecule has 0 fully saturated rings. The SMILES string of the molecule is Cc1ccc(S(=O)(=O)n2nc(C)c(Cn3cc4c(CC(C)C)nn(C)c(=O)c4c3-c3cccc(CO)c3)c2C)cc1. The lowest BCUT2D eigenvalue weighted by molar-refractivity contribution is 0.282. The van der Waals surface area contributed by atoms with Crippen LogP contribution in [0.1, 0.15) is 47.6 Å². The number of hydrogen-bond donors (Lipinski definition) is 1. The molecule has 3 heterocycles. The molecule has 0 atom stereocenters. The molecule has 0 amide bonds. The number of hydrogen-bond acceptors (Lipinski definition) is 6. The van der Waals surface area contributed by atoms with Crippen LogP contribution < -0.4 is 5.56 Å². The van der Waals surface area contributed by atoms with Crippen molar-refractivity contribution in [3.63, 3.8) is 0 Å². The Morgan fingerprint density at radius 3 is 2.37 bits per heavy atom. The van der Waals surface area contributed by atoms with Crippen molar-refractivity contribution < 1.29 is 13.5 Å². The fourth-order valence-corrected chi connectivity index (χ4v) is 6.70. The fraction of sp³-hybridized carbons (Fsp3) is 0.323. The summed E-state index contributed by atoms with van der Waals surface area (Å²) in [4.78, 5) is 13.7. The van der Waals surface area contributed by atoms with E-state index < -0.39 is 10.0 Å². The maximum atomic E-state index is 13.6. The van der Waals surface area contributed by atoms with Gasteiger partial charge in [-0.25, -0.2) is 4.68 Å². The summed E-state index contributed by atoms with van der Waals surface area (Å²) in [6.45, 7) is 9.83. The van der Waals surface area contributed by atoms with Crippen molar-refractivity contribution in [3.05, 3.63) is 98.9 Å². The van der Waals surface area contributed by atoms with Gasteiger partial charge in [0.15, 0.2) is 0 Å². The lowest BCUT2D eigenvalue weighted by atomic mass is 10.0. The number of aryl methyl sites for hydroxylation is 3. The van der Waals surface area contributed by atoms with E-state index in [2.05, 4.69) is 24.0 Å². The Kier molecular flexibility index (Phi) is 7.48. The Labute approximate surface area is 239 Å². The van der Waals surface area contributed by atoms with Gasteiger partial charge in [-0.2, -0.15) is 22.7 Å². The summed E-state index contributed by atoms with van der Waals surface area (Å²) in [6.07, 6.45) is 2.63. The van der Waals surface area contributed by atoms with Crippen molar-refractivity contribution in [2.24, 2.45) is 13.0 Å². The lowest BCUT2D eigenvalue weighted by Gasteiger charge is -2.12. The third-order valence-corrected chi connectivity index (χ3v) is 9.11. The number of aliphatic hydroxyl groups excluding tert-OH is 1. The molecule has 0 radical (unpaired) electrons. The molecule has 2 aromatic carbocycles. The van der Waals surface area contributed by atoms with Crippen molar-refractivity contribution in [3.8, 4) is 11.3 Å². The number of aromatic nitrogens is 5. The maximum Gasteiger partial charge on any atom is 0.283 e. The van der Waals surface area contributed by atoms with Crippen molar-refractivity contribution in [2.45, 2.75) is 59.1 Å². The Morgan fingerprint density at radius 2 is 1.71 bits per heavy atom. The van der Waals surface area contributed by atoms with E-state index in [1.54, 1.807) is 45.2 Å². The highest BCUT2D eigenvalue weighted by atomic mass is 32.2. The molecule has 1 N–H and O–H groups in total. The highest BCUT2D eigenvalue weighted by Crippen LogP contribution is 2.33. The molecule has 5 rings (SSSR count). The smallest absolute Gasteiger partial charge is 0.283 e. The van der Waals surface area contributed by atoms with Crippen LogP contribution in [0.25, 0.3) is 22.0 Å². The van der Waals surface area contributed by atoms with Crippen LogP contribution in [-0.2, 0) is 36.6 Å². The predicted octanol–water partition coefficient (Wildman–Crippen LogP) is 4.50. The van der Waals surface area contributed by atoms with Crippen LogP contribution in [0, 0.1) is 26.7 Å². The minimum Gasteiger partial charge on any atom is -0.392 e. The van der Waals surface area contributed by atoms with E-state index in [4.69, 9.17) is 0 Å². The van der Waals surface area contributed by atoms with Gasteiger partial charge in [-0.3, -0.25) is 4.79 Å². The molecule has 0 aliphatic carbocycles. The van der Waals surface area contributed by atoms with Crippen LogP contribution in [0.15, 0.2) is 64.4 Å². The van der Waals surface area contributed by atoms with Gasteiger partial charge in [0.1, 0.15) is 0 Å². The van der Waals surface area contributed by atoms with Crippen molar-refractivity contribution in [2.75, 3.05) is 0 Å². The summed E-state index contributed by atoms with van der Waals surface area (Å²) in [7, 11) is -2.25. The zero-order chi connectivity index (χ0) is 29.6. The van der Waals surface area contributed by atoms with Crippen LogP contribution in [0.5, 0.6) is 0 Å². The first kappa shape index (κ1) is 28.5. The van der Waals surface area contributed by atoms with Crippen molar-refractivity contribution in [1.29, 1.82) is 0 Å². The molecule has 0 saturated carbocycles. The molecule has 5 aromatic rings. The molecular formula is C31H35N5O4S. The predicted molar refractivity (Wildman–Crippen MR) is 159 cm³/mol. The average Bonchev–Trinajstić information content (AvgIpc) is 3.45. The molecule has 0 spiro atoms. The average molecular weight is 574 g/mol. The Hall–Kier alpha value is -4.02. The Balaban J connectivity index is 1.73. The molecule has 0 bridgehead atoms. The highest BCUT2D eigenvalue weighted by molar-refractivity contribution is 7.89. The highest BCUT2D eigenvalue weighted by Gasteiger charge is 2.26. The van der Waals surface area contributed by atoms with E-state index in [1.165, 1.54) is 4.68 Å². The van der Waals surface area contributed by atoms with Gasteiger partial charge >= 0.3 is 0 Å². The van der Waals surface area contributed by atoms with Crippen molar-refractivity contribution >= 4 is 20.8 Å². The summed E-state index contributed by atoms with van der Waals surface area (Å²) < 4.78 is 31.5. The van der Waals surface area contributed by atoms with E-state index in [0.29, 0.717) is 41.4 Å². The quantitative estimate of drug-likeness (QED) is 0.293. The summed E-state index contributed by atoms with van der Waals surface area (Å²) in [5.74, 6) is 0.322. The fourth-order valence-electron chi connectivity index (χ4n) is 5.31. The van der Waals surface area contributed by atoms with E-state index in [-0.39, 0.29) is 17.1 Å². The topological polar surface area (TPSA) is 112 Å². The Morgan fingerprint density at radius 1 is 1.00 bits per heavy atom. The summed E-state index contributed by atoms with van der Waals surface area (Å²) in [5.41, 5.74) is 5.59. The number of nitrogens with zero attached hydrogens (tertiary/aromatic N) is 5. The molecule has 3 aromatic heterocycles. The zero-order valence-corrected chi connectivity index (χ0v) is 25.0. The summed E-state index contributed by atoms with van der Waals surface area (Å²) in [5, 5.41) is 20.2. The number of aliphatic hydroxyl groups is 1. The maximum absolute atomic E-state index is 13.6. The van der Waals surface area contributed by atoms with E-state index in [9.17, 15) is 18.3 Å². The van der Waals surface area contributed by atoms with E-state index in [0.717, 1.165) is 37.4 Å².